The average molecular weight is 179 g/mol. The second kappa shape index (κ2) is 2.48. The van der Waals surface area contributed by atoms with Crippen LogP contribution in [0.5, 0.6) is 0 Å². The predicted octanol–water partition coefficient (Wildman–Crippen LogP) is 0.192. The SMILES string of the molecule is O=c1oc2ccccc2c(=O)n1O. The molecule has 0 atom stereocenters. The molecule has 0 aliphatic rings. The zero-order valence-electron chi connectivity index (χ0n) is 6.43. The van der Waals surface area contributed by atoms with E-state index in [1.807, 2.05) is 0 Å². The lowest BCUT2D eigenvalue weighted by Gasteiger charge is -1.95. The number of hydrogen-bond donors (Lipinski definition) is 1. The van der Waals surface area contributed by atoms with Crippen molar-refractivity contribution >= 4 is 11.0 Å². The normalized spacial score (nSPS) is 10.5. The molecule has 1 N–H and O–H groups in total. The van der Waals surface area contributed by atoms with Crippen LogP contribution in [0.15, 0.2) is 38.3 Å². The third kappa shape index (κ3) is 1.01. The van der Waals surface area contributed by atoms with E-state index in [1.54, 1.807) is 12.1 Å². The van der Waals surface area contributed by atoms with Crippen molar-refractivity contribution in [2.75, 3.05) is 0 Å². The molecule has 13 heavy (non-hydrogen) atoms. The van der Waals surface area contributed by atoms with E-state index in [4.69, 9.17) is 5.21 Å². The second-order valence-electron chi connectivity index (χ2n) is 2.48. The lowest BCUT2D eigenvalue weighted by molar-refractivity contribution is 0.140. The molecule has 1 aromatic heterocycles. The average Bonchev–Trinajstić information content (AvgIpc) is 2.15. The summed E-state index contributed by atoms with van der Waals surface area (Å²) in [6.45, 7) is 0. The molecular weight excluding hydrogens is 174 g/mol. The van der Waals surface area contributed by atoms with E-state index in [0.717, 1.165) is 0 Å². The van der Waals surface area contributed by atoms with Gasteiger partial charge in [-0.3, -0.25) is 4.79 Å². The number of hydrogen-bond acceptors (Lipinski definition) is 4. The number of rotatable bonds is 0. The molecule has 0 bridgehead atoms. The summed E-state index contributed by atoms with van der Waals surface area (Å²) in [5, 5.41) is 9.07. The van der Waals surface area contributed by atoms with Crippen LogP contribution >= 0.6 is 0 Å². The van der Waals surface area contributed by atoms with E-state index in [2.05, 4.69) is 4.42 Å². The van der Waals surface area contributed by atoms with Gasteiger partial charge in [-0.2, -0.15) is 0 Å². The Labute approximate surface area is 71.4 Å². The van der Waals surface area contributed by atoms with Crippen LogP contribution in [0.3, 0.4) is 0 Å². The largest absolute Gasteiger partial charge is 0.456 e. The number of para-hydroxylation sites is 1. The molecule has 0 saturated heterocycles. The summed E-state index contributed by atoms with van der Waals surface area (Å²) >= 11 is 0. The van der Waals surface area contributed by atoms with Crippen molar-refractivity contribution in [3.63, 3.8) is 0 Å². The van der Waals surface area contributed by atoms with Gasteiger partial charge in [0.2, 0.25) is 0 Å². The fourth-order valence-electron chi connectivity index (χ4n) is 1.07. The van der Waals surface area contributed by atoms with Gasteiger partial charge >= 0.3 is 11.3 Å². The van der Waals surface area contributed by atoms with Crippen LogP contribution < -0.4 is 11.3 Å². The summed E-state index contributed by atoms with van der Waals surface area (Å²) < 4.78 is 4.58. The van der Waals surface area contributed by atoms with Crippen LogP contribution in [-0.2, 0) is 0 Å². The monoisotopic (exact) mass is 179 g/mol. The highest BCUT2D eigenvalue weighted by Crippen LogP contribution is 2.04. The van der Waals surface area contributed by atoms with Crippen LogP contribution in [0, 0.1) is 0 Å². The van der Waals surface area contributed by atoms with Crippen molar-refractivity contribution in [3.8, 4) is 0 Å². The third-order valence-corrected chi connectivity index (χ3v) is 1.68. The van der Waals surface area contributed by atoms with Gasteiger partial charge in [0.25, 0.3) is 0 Å². The Morgan fingerprint density at radius 1 is 1.23 bits per heavy atom. The Balaban J connectivity index is 3.12. The summed E-state index contributed by atoms with van der Waals surface area (Å²) in [6, 6.07) is 6.20. The Morgan fingerprint density at radius 2 is 1.92 bits per heavy atom. The molecule has 0 spiro atoms. The Morgan fingerprint density at radius 3 is 2.69 bits per heavy atom. The fraction of sp³-hybridized carbons (Fsp3) is 0. The lowest BCUT2D eigenvalue weighted by atomic mass is 10.3. The smallest absolute Gasteiger partial charge is 0.420 e. The van der Waals surface area contributed by atoms with E-state index < -0.39 is 11.3 Å². The van der Waals surface area contributed by atoms with Crippen LogP contribution in [0.25, 0.3) is 11.0 Å². The molecule has 0 aliphatic heterocycles. The molecule has 0 radical (unpaired) electrons. The number of aromatic nitrogens is 1. The Hall–Kier alpha value is -2.04. The van der Waals surface area contributed by atoms with Gasteiger partial charge in [0, 0.05) is 0 Å². The van der Waals surface area contributed by atoms with Gasteiger partial charge in [0.05, 0.1) is 5.39 Å². The number of nitrogens with zero attached hydrogens (tertiary/aromatic N) is 1. The molecule has 5 heteroatoms. The topological polar surface area (TPSA) is 72.4 Å². The maximum absolute atomic E-state index is 11.2. The first-order chi connectivity index (χ1) is 6.20. The maximum Gasteiger partial charge on any atom is 0.456 e. The molecule has 1 heterocycles. The van der Waals surface area contributed by atoms with E-state index in [1.165, 1.54) is 12.1 Å². The van der Waals surface area contributed by atoms with Crippen molar-refractivity contribution in [1.29, 1.82) is 0 Å². The highest BCUT2D eigenvalue weighted by molar-refractivity contribution is 5.74. The van der Waals surface area contributed by atoms with E-state index in [-0.39, 0.29) is 15.7 Å². The first-order valence-electron chi connectivity index (χ1n) is 3.54. The molecule has 2 aromatic rings. The van der Waals surface area contributed by atoms with Crippen molar-refractivity contribution in [2.24, 2.45) is 0 Å². The Kier molecular flexibility index (Phi) is 1.45. The predicted molar refractivity (Wildman–Crippen MR) is 43.9 cm³/mol. The van der Waals surface area contributed by atoms with Gasteiger partial charge in [-0.05, 0) is 12.1 Å². The highest BCUT2D eigenvalue weighted by Gasteiger charge is 2.06. The summed E-state index contributed by atoms with van der Waals surface area (Å²) in [4.78, 5) is 22.0. The van der Waals surface area contributed by atoms with Crippen molar-refractivity contribution in [3.05, 3.63) is 45.2 Å². The van der Waals surface area contributed by atoms with Gasteiger partial charge in [0.15, 0.2) is 0 Å². The molecule has 66 valence electrons. The summed E-state index contributed by atoms with van der Waals surface area (Å²) in [7, 11) is 0. The molecule has 5 nitrogen and oxygen atoms in total. The zero-order chi connectivity index (χ0) is 9.42. The van der Waals surface area contributed by atoms with Crippen molar-refractivity contribution in [2.45, 2.75) is 0 Å². The Bertz CT molecular complexity index is 566. The van der Waals surface area contributed by atoms with Crippen LogP contribution in [-0.4, -0.2) is 9.94 Å². The second-order valence-corrected chi connectivity index (χ2v) is 2.48. The quantitative estimate of drug-likeness (QED) is 0.586. The van der Waals surface area contributed by atoms with E-state index >= 15 is 0 Å². The zero-order valence-corrected chi connectivity index (χ0v) is 6.43. The molecule has 1 aromatic carbocycles. The minimum atomic E-state index is -1.08. The number of fused-ring (bicyclic) bond motifs is 1. The first kappa shape index (κ1) is 7.60. The van der Waals surface area contributed by atoms with Crippen LogP contribution in [0.1, 0.15) is 0 Å². The molecule has 0 amide bonds. The molecule has 0 unspecified atom stereocenters. The molecule has 2 rings (SSSR count). The van der Waals surface area contributed by atoms with Crippen molar-refractivity contribution in [1.82, 2.24) is 4.73 Å². The van der Waals surface area contributed by atoms with Crippen LogP contribution in [0.4, 0.5) is 0 Å². The number of benzene rings is 1. The highest BCUT2D eigenvalue weighted by atomic mass is 16.5. The standard InChI is InChI=1S/C8H5NO4/c10-7-5-3-1-2-4-6(5)13-8(11)9(7)12/h1-4,12H. The molecule has 0 aliphatic carbocycles. The van der Waals surface area contributed by atoms with Gasteiger partial charge in [-0.25, -0.2) is 4.79 Å². The molecule has 0 fully saturated rings. The van der Waals surface area contributed by atoms with E-state index in [0.29, 0.717) is 0 Å². The minimum absolute atomic E-state index is 0.0532. The summed E-state index contributed by atoms with van der Waals surface area (Å²) in [5.74, 6) is -1.08. The van der Waals surface area contributed by atoms with Crippen molar-refractivity contribution < 1.29 is 9.62 Å². The summed E-state index contributed by atoms with van der Waals surface area (Å²) in [6.07, 6.45) is 0. The molecular formula is C8H5NO4. The lowest BCUT2D eigenvalue weighted by Crippen LogP contribution is -2.30. The van der Waals surface area contributed by atoms with E-state index in [9.17, 15) is 9.59 Å². The van der Waals surface area contributed by atoms with Gasteiger partial charge in [0.1, 0.15) is 5.58 Å². The van der Waals surface area contributed by atoms with Gasteiger partial charge in [-0.1, -0.05) is 16.9 Å². The summed E-state index contributed by atoms with van der Waals surface area (Å²) in [5.41, 5.74) is -0.602. The first-order valence-corrected chi connectivity index (χ1v) is 3.54. The van der Waals surface area contributed by atoms with Gasteiger partial charge in [-0.15, -0.1) is 0 Å². The van der Waals surface area contributed by atoms with Gasteiger partial charge < -0.3 is 9.62 Å². The minimum Gasteiger partial charge on any atom is -0.420 e. The maximum atomic E-state index is 11.2. The van der Waals surface area contributed by atoms with Crippen LogP contribution in [0.2, 0.25) is 0 Å². The fourth-order valence-corrected chi connectivity index (χ4v) is 1.07. The molecule has 0 saturated carbocycles. The third-order valence-electron chi connectivity index (χ3n) is 1.68.